The number of hydrogen-bond acceptors (Lipinski definition) is 4. The van der Waals surface area contributed by atoms with Crippen molar-refractivity contribution in [2.45, 2.75) is 31.9 Å². The van der Waals surface area contributed by atoms with Crippen LogP contribution in [0.25, 0.3) is 0 Å². The molecule has 5 nitrogen and oxygen atoms in total. The van der Waals surface area contributed by atoms with Crippen LogP contribution in [0, 0.1) is 5.82 Å². The van der Waals surface area contributed by atoms with Gasteiger partial charge < -0.3 is 14.8 Å². The van der Waals surface area contributed by atoms with Crippen LogP contribution in [0.3, 0.4) is 0 Å². The zero-order chi connectivity index (χ0) is 16.7. The number of amides is 1. The summed E-state index contributed by atoms with van der Waals surface area (Å²) in [4.78, 5) is 14.0. The molecular weight excluding hydrogens is 299 g/mol. The van der Waals surface area contributed by atoms with Gasteiger partial charge in [-0.1, -0.05) is 6.07 Å². The Kier molecular flexibility index (Phi) is 6.80. The molecule has 1 aliphatic rings. The lowest BCUT2D eigenvalue weighted by molar-refractivity contribution is -0.126. The summed E-state index contributed by atoms with van der Waals surface area (Å²) in [6.45, 7) is 4.17. The maximum absolute atomic E-state index is 13.0. The third-order valence-corrected chi connectivity index (χ3v) is 4.08. The largest absolute Gasteiger partial charge is 0.492 e. The fraction of sp³-hybridized carbons (Fsp3) is 0.588. The Bertz CT molecular complexity index is 506. The molecule has 0 unspecified atom stereocenters. The summed E-state index contributed by atoms with van der Waals surface area (Å²) in [5, 5.41) is 2.92. The Morgan fingerprint density at radius 1 is 1.57 bits per heavy atom. The molecule has 1 saturated heterocycles. The normalized spacial score (nSPS) is 18.9. The average Bonchev–Trinajstić information content (AvgIpc) is 3.05. The molecule has 1 N–H and O–H groups in total. The second-order valence-electron chi connectivity index (χ2n) is 5.84. The van der Waals surface area contributed by atoms with E-state index in [-0.39, 0.29) is 23.9 Å². The van der Waals surface area contributed by atoms with E-state index in [9.17, 15) is 9.18 Å². The van der Waals surface area contributed by atoms with Crippen LogP contribution >= 0.6 is 0 Å². The van der Waals surface area contributed by atoms with E-state index in [4.69, 9.17) is 9.47 Å². The summed E-state index contributed by atoms with van der Waals surface area (Å²) >= 11 is 0. The van der Waals surface area contributed by atoms with Crippen LogP contribution in [0.15, 0.2) is 24.3 Å². The van der Waals surface area contributed by atoms with E-state index in [0.29, 0.717) is 25.4 Å². The van der Waals surface area contributed by atoms with Crippen LogP contribution in [-0.2, 0) is 9.53 Å². The van der Waals surface area contributed by atoms with E-state index in [1.54, 1.807) is 12.1 Å². The number of carbonyl (C=O) groups excluding carboxylic acids is 1. The number of nitrogens with zero attached hydrogens (tertiary/aromatic N) is 1. The third-order valence-electron chi connectivity index (χ3n) is 4.08. The average molecular weight is 324 g/mol. The first-order valence-corrected chi connectivity index (χ1v) is 8.04. The fourth-order valence-corrected chi connectivity index (χ4v) is 2.43. The fourth-order valence-electron chi connectivity index (χ4n) is 2.43. The Labute approximate surface area is 136 Å². The summed E-state index contributed by atoms with van der Waals surface area (Å²) in [5.74, 6) is 0.153. The van der Waals surface area contributed by atoms with Gasteiger partial charge in [0, 0.05) is 25.8 Å². The van der Waals surface area contributed by atoms with Gasteiger partial charge in [-0.25, -0.2) is 4.39 Å². The molecule has 6 heteroatoms. The molecule has 0 aromatic heterocycles. The predicted molar refractivity (Wildman–Crippen MR) is 86.0 cm³/mol. The van der Waals surface area contributed by atoms with Gasteiger partial charge in [0.1, 0.15) is 18.2 Å². The van der Waals surface area contributed by atoms with Crippen molar-refractivity contribution >= 4 is 5.91 Å². The standard InChI is InChI=1S/C17H25FN2O3/c1-13(17(21)19-12-16-7-4-9-22-16)20(2)8-10-23-15-6-3-5-14(18)11-15/h3,5-6,11,13,16H,4,7-10,12H2,1-2H3,(H,19,21)/t13-,16-/m0/s1. The number of ether oxygens (including phenoxy) is 2. The summed E-state index contributed by atoms with van der Waals surface area (Å²) in [5.41, 5.74) is 0. The summed E-state index contributed by atoms with van der Waals surface area (Å²) in [6.07, 6.45) is 2.21. The Hall–Kier alpha value is -1.66. The van der Waals surface area contributed by atoms with Crippen LogP contribution in [0.1, 0.15) is 19.8 Å². The molecule has 0 bridgehead atoms. The SMILES string of the molecule is C[C@@H](C(=O)NC[C@@H]1CCCO1)N(C)CCOc1cccc(F)c1. The van der Waals surface area contributed by atoms with Crippen LogP contribution in [0.5, 0.6) is 5.75 Å². The van der Waals surface area contributed by atoms with Crippen molar-refractivity contribution in [2.75, 3.05) is 33.4 Å². The number of nitrogens with one attached hydrogen (secondary N) is 1. The molecule has 2 atom stereocenters. The van der Waals surface area contributed by atoms with Crippen molar-refractivity contribution in [1.29, 1.82) is 0 Å². The Morgan fingerprint density at radius 3 is 3.09 bits per heavy atom. The number of likely N-dealkylation sites (N-methyl/N-ethyl adjacent to an activating group) is 1. The minimum atomic E-state index is -0.322. The molecule has 1 amide bonds. The van der Waals surface area contributed by atoms with Crippen molar-refractivity contribution < 1.29 is 18.7 Å². The van der Waals surface area contributed by atoms with E-state index in [1.807, 2.05) is 18.9 Å². The minimum absolute atomic E-state index is 0.0197. The van der Waals surface area contributed by atoms with Crippen LogP contribution in [0.2, 0.25) is 0 Å². The lowest BCUT2D eigenvalue weighted by Crippen LogP contribution is -2.46. The maximum Gasteiger partial charge on any atom is 0.237 e. The van der Waals surface area contributed by atoms with Crippen LogP contribution in [0.4, 0.5) is 4.39 Å². The number of hydrogen-bond donors (Lipinski definition) is 1. The highest BCUT2D eigenvalue weighted by atomic mass is 19.1. The molecule has 0 aliphatic carbocycles. The van der Waals surface area contributed by atoms with Crippen LogP contribution < -0.4 is 10.1 Å². The second-order valence-corrected chi connectivity index (χ2v) is 5.84. The highest BCUT2D eigenvalue weighted by Crippen LogP contribution is 2.12. The van der Waals surface area contributed by atoms with E-state index in [0.717, 1.165) is 19.4 Å². The molecule has 2 rings (SSSR count). The first-order chi connectivity index (χ1) is 11.1. The van der Waals surface area contributed by atoms with Crippen molar-refractivity contribution in [1.82, 2.24) is 10.2 Å². The lowest BCUT2D eigenvalue weighted by atomic mass is 10.2. The highest BCUT2D eigenvalue weighted by molar-refractivity contribution is 5.81. The summed E-state index contributed by atoms with van der Waals surface area (Å²) in [6, 6.07) is 5.78. The Morgan fingerprint density at radius 2 is 2.39 bits per heavy atom. The predicted octanol–water partition coefficient (Wildman–Crippen LogP) is 1.82. The summed E-state index contributed by atoms with van der Waals surface area (Å²) in [7, 11) is 1.87. The Balaban J connectivity index is 1.67. The van der Waals surface area contributed by atoms with Gasteiger partial charge in [0.05, 0.1) is 12.1 Å². The molecule has 1 heterocycles. The molecule has 0 spiro atoms. The van der Waals surface area contributed by atoms with Gasteiger partial charge in [-0.2, -0.15) is 0 Å². The van der Waals surface area contributed by atoms with E-state index < -0.39 is 0 Å². The van der Waals surface area contributed by atoms with Gasteiger partial charge >= 0.3 is 0 Å². The molecule has 0 saturated carbocycles. The summed E-state index contributed by atoms with van der Waals surface area (Å²) < 4.78 is 24.0. The monoisotopic (exact) mass is 324 g/mol. The second kappa shape index (κ2) is 8.84. The van der Waals surface area contributed by atoms with Gasteiger partial charge in [-0.15, -0.1) is 0 Å². The lowest BCUT2D eigenvalue weighted by Gasteiger charge is -2.24. The third kappa shape index (κ3) is 5.80. The maximum atomic E-state index is 13.0. The van der Waals surface area contributed by atoms with Gasteiger partial charge in [0.25, 0.3) is 0 Å². The first kappa shape index (κ1) is 17.7. The molecule has 0 radical (unpaired) electrons. The minimum Gasteiger partial charge on any atom is -0.492 e. The molecule has 1 aliphatic heterocycles. The number of carbonyl (C=O) groups is 1. The number of rotatable bonds is 8. The highest BCUT2D eigenvalue weighted by Gasteiger charge is 2.21. The number of benzene rings is 1. The first-order valence-electron chi connectivity index (χ1n) is 8.04. The molecule has 128 valence electrons. The zero-order valence-electron chi connectivity index (χ0n) is 13.8. The van der Waals surface area contributed by atoms with Crippen molar-refractivity contribution in [3.8, 4) is 5.75 Å². The molecule has 1 aromatic carbocycles. The zero-order valence-corrected chi connectivity index (χ0v) is 13.8. The van der Waals surface area contributed by atoms with Crippen molar-refractivity contribution in [3.05, 3.63) is 30.1 Å². The molecule has 1 fully saturated rings. The smallest absolute Gasteiger partial charge is 0.237 e. The van der Waals surface area contributed by atoms with Crippen LogP contribution in [-0.4, -0.2) is 56.3 Å². The molecule has 1 aromatic rings. The quantitative estimate of drug-likeness (QED) is 0.792. The number of halogens is 1. The van der Waals surface area contributed by atoms with E-state index in [2.05, 4.69) is 5.32 Å². The van der Waals surface area contributed by atoms with Gasteiger partial charge in [-0.05, 0) is 38.9 Å². The van der Waals surface area contributed by atoms with Gasteiger partial charge in [-0.3, -0.25) is 9.69 Å². The van der Waals surface area contributed by atoms with E-state index in [1.165, 1.54) is 12.1 Å². The van der Waals surface area contributed by atoms with Crippen molar-refractivity contribution in [2.24, 2.45) is 0 Å². The van der Waals surface area contributed by atoms with Crippen molar-refractivity contribution in [3.63, 3.8) is 0 Å². The van der Waals surface area contributed by atoms with E-state index >= 15 is 0 Å². The molecular formula is C17H25FN2O3. The topological polar surface area (TPSA) is 50.8 Å². The van der Waals surface area contributed by atoms with Gasteiger partial charge in [0.2, 0.25) is 5.91 Å². The van der Waals surface area contributed by atoms with Gasteiger partial charge in [0.15, 0.2) is 0 Å². The molecule has 23 heavy (non-hydrogen) atoms.